The second kappa shape index (κ2) is 11.6. The van der Waals surface area contributed by atoms with E-state index in [1.54, 1.807) is 24.3 Å². The third kappa shape index (κ3) is 7.89. The highest BCUT2D eigenvalue weighted by molar-refractivity contribution is 7.82. The van der Waals surface area contributed by atoms with Crippen molar-refractivity contribution in [1.29, 1.82) is 0 Å². The third-order valence-electron chi connectivity index (χ3n) is 4.35. The lowest BCUT2D eigenvalue weighted by molar-refractivity contribution is 0.239. The van der Waals surface area contributed by atoms with Crippen LogP contribution in [-0.4, -0.2) is 39.8 Å². The van der Waals surface area contributed by atoms with E-state index < -0.39 is 10.4 Å². The number of benzene rings is 2. The molecule has 1 N–H and O–H groups in total. The number of hydrogen-bond donors (Lipinski definition) is 1. The number of anilines is 1. The van der Waals surface area contributed by atoms with E-state index in [1.807, 2.05) is 12.2 Å². The lowest BCUT2D eigenvalue weighted by Crippen LogP contribution is -2.21. The highest BCUT2D eigenvalue weighted by Gasteiger charge is 2.13. The summed E-state index contributed by atoms with van der Waals surface area (Å²) < 4.78 is 33.2. The summed E-state index contributed by atoms with van der Waals surface area (Å²) in [5, 5.41) is 8.68. The molecule has 0 unspecified atom stereocenters. The van der Waals surface area contributed by atoms with Crippen LogP contribution in [0.25, 0.3) is 12.2 Å². The first-order chi connectivity index (χ1) is 14.0. The Labute approximate surface area is 173 Å². The number of rotatable bonds is 12. The molecule has 6 nitrogen and oxygen atoms in total. The molecule has 2 rings (SSSR count). The minimum absolute atomic E-state index is 0.000681. The molecule has 0 aromatic heterocycles. The van der Waals surface area contributed by atoms with Crippen LogP contribution in [0.1, 0.15) is 37.8 Å². The van der Waals surface area contributed by atoms with Crippen LogP contribution in [0, 0.1) is 0 Å². The van der Waals surface area contributed by atoms with Crippen LogP contribution in [-0.2, 0) is 14.6 Å². The molecule has 7 heteroatoms. The van der Waals surface area contributed by atoms with E-state index in [9.17, 15) is 8.42 Å². The number of aliphatic hydroxyl groups is 1. The maximum atomic E-state index is 11.8. The number of unbranched alkanes of at least 4 members (excludes halogenated alkanes) is 1. The summed E-state index contributed by atoms with van der Waals surface area (Å²) in [4.78, 5) is 2.29. The summed E-state index contributed by atoms with van der Waals surface area (Å²) in [5.41, 5.74) is 3.21. The van der Waals surface area contributed by atoms with Crippen LogP contribution < -0.4 is 9.08 Å². The van der Waals surface area contributed by atoms with Crippen molar-refractivity contribution in [2.45, 2.75) is 26.7 Å². The molecule has 0 aliphatic rings. The van der Waals surface area contributed by atoms with Gasteiger partial charge in [0, 0.05) is 25.4 Å². The SMILES string of the molecule is CCN(CC)c1ccc(/C=C/c2ccc(OS(=O)(=O)OCCCCO)cc2)cc1. The van der Waals surface area contributed by atoms with Gasteiger partial charge in [0.25, 0.3) is 0 Å². The Morgan fingerprint density at radius 3 is 1.97 bits per heavy atom. The lowest BCUT2D eigenvalue weighted by atomic mass is 10.1. The van der Waals surface area contributed by atoms with Crippen molar-refractivity contribution in [3.63, 3.8) is 0 Å². The Hall–Kier alpha value is -2.35. The minimum Gasteiger partial charge on any atom is -0.396 e. The normalized spacial score (nSPS) is 11.7. The van der Waals surface area contributed by atoms with Gasteiger partial charge in [0.1, 0.15) is 5.75 Å². The molecule has 0 atom stereocenters. The van der Waals surface area contributed by atoms with E-state index in [0.29, 0.717) is 12.8 Å². The van der Waals surface area contributed by atoms with Gasteiger partial charge in [-0.15, -0.1) is 0 Å². The van der Waals surface area contributed by atoms with Gasteiger partial charge in [0.05, 0.1) is 6.61 Å². The monoisotopic (exact) mass is 419 g/mol. The van der Waals surface area contributed by atoms with Crippen LogP contribution >= 0.6 is 0 Å². The van der Waals surface area contributed by atoms with Crippen molar-refractivity contribution in [1.82, 2.24) is 0 Å². The lowest BCUT2D eigenvalue weighted by Gasteiger charge is -2.20. The second-order valence-corrected chi connectivity index (χ2v) is 7.63. The molecule has 0 saturated carbocycles. The molecule has 158 valence electrons. The molecule has 0 bridgehead atoms. The molecular formula is C22H29NO5S. The summed E-state index contributed by atoms with van der Waals surface area (Å²) >= 11 is 0. The Kier molecular flexibility index (Phi) is 9.18. The van der Waals surface area contributed by atoms with Crippen molar-refractivity contribution < 1.29 is 21.9 Å². The van der Waals surface area contributed by atoms with Crippen LogP contribution in [0.5, 0.6) is 5.75 Å². The van der Waals surface area contributed by atoms with E-state index in [1.165, 1.54) is 5.69 Å². The van der Waals surface area contributed by atoms with Gasteiger partial charge in [0.15, 0.2) is 0 Å². The summed E-state index contributed by atoms with van der Waals surface area (Å²) in [6, 6.07) is 15.1. The van der Waals surface area contributed by atoms with Crippen LogP contribution in [0.4, 0.5) is 5.69 Å². The van der Waals surface area contributed by atoms with Gasteiger partial charge in [-0.25, -0.2) is 4.18 Å². The first kappa shape index (κ1) is 22.9. The molecule has 0 amide bonds. The number of aliphatic hydroxyl groups excluding tert-OH is 1. The van der Waals surface area contributed by atoms with Crippen molar-refractivity contribution in [3.05, 3.63) is 59.7 Å². The molecule has 0 fully saturated rings. The zero-order chi connectivity index (χ0) is 21.1. The predicted molar refractivity (Wildman–Crippen MR) is 117 cm³/mol. The predicted octanol–water partition coefficient (Wildman–Crippen LogP) is 4.12. The average molecular weight is 420 g/mol. The minimum atomic E-state index is -4.10. The molecule has 0 aliphatic carbocycles. The van der Waals surface area contributed by atoms with Crippen molar-refractivity contribution in [2.75, 3.05) is 31.2 Å². The molecule has 0 aliphatic heterocycles. The van der Waals surface area contributed by atoms with Gasteiger partial charge >= 0.3 is 10.4 Å². The van der Waals surface area contributed by atoms with Crippen LogP contribution in [0.2, 0.25) is 0 Å². The van der Waals surface area contributed by atoms with E-state index in [0.717, 1.165) is 24.2 Å². The standard InChI is InChI=1S/C22H29NO5S/c1-3-23(4-2)21-13-9-19(10-14-21)7-8-20-11-15-22(16-12-20)28-29(25,26)27-18-6-5-17-24/h7-16,24H,3-6,17-18H2,1-2H3/b8-7+. The fourth-order valence-electron chi connectivity index (χ4n) is 2.73. The van der Waals surface area contributed by atoms with E-state index in [2.05, 4.69) is 43.0 Å². The summed E-state index contributed by atoms with van der Waals surface area (Å²) in [7, 11) is -4.10. The fourth-order valence-corrected chi connectivity index (χ4v) is 3.45. The Morgan fingerprint density at radius 2 is 1.45 bits per heavy atom. The average Bonchev–Trinajstić information content (AvgIpc) is 2.72. The van der Waals surface area contributed by atoms with Crippen molar-refractivity contribution >= 4 is 28.2 Å². The second-order valence-electron chi connectivity index (χ2n) is 6.41. The van der Waals surface area contributed by atoms with Gasteiger partial charge in [-0.3, -0.25) is 0 Å². The van der Waals surface area contributed by atoms with E-state index in [-0.39, 0.29) is 19.0 Å². The highest BCUT2D eigenvalue weighted by atomic mass is 32.3. The molecule has 0 saturated heterocycles. The maximum absolute atomic E-state index is 11.8. The highest BCUT2D eigenvalue weighted by Crippen LogP contribution is 2.19. The quantitative estimate of drug-likeness (QED) is 0.412. The first-order valence-corrected chi connectivity index (χ1v) is 11.1. The summed E-state index contributed by atoms with van der Waals surface area (Å²) in [6.07, 6.45) is 4.88. The van der Waals surface area contributed by atoms with Gasteiger partial charge in [-0.1, -0.05) is 36.4 Å². The van der Waals surface area contributed by atoms with E-state index >= 15 is 0 Å². The van der Waals surface area contributed by atoms with Gasteiger partial charge in [0.2, 0.25) is 0 Å². The van der Waals surface area contributed by atoms with Crippen LogP contribution in [0.3, 0.4) is 0 Å². The smallest absolute Gasteiger partial charge is 0.396 e. The van der Waals surface area contributed by atoms with Gasteiger partial charge in [-0.2, -0.15) is 8.42 Å². The number of hydrogen-bond acceptors (Lipinski definition) is 6. The fraction of sp³-hybridized carbons (Fsp3) is 0.364. The molecule has 0 radical (unpaired) electrons. The Balaban J connectivity index is 1.93. The Morgan fingerprint density at radius 1 is 0.897 bits per heavy atom. The Bertz CT molecular complexity index is 857. The molecule has 29 heavy (non-hydrogen) atoms. The zero-order valence-electron chi connectivity index (χ0n) is 17.0. The zero-order valence-corrected chi connectivity index (χ0v) is 17.8. The van der Waals surface area contributed by atoms with E-state index in [4.69, 9.17) is 13.5 Å². The topological polar surface area (TPSA) is 76.1 Å². The van der Waals surface area contributed by atoms with Gasteiger partial charge < -0.3 is 14.2 Å². The van der Waals surface area contributed by atoms with Gasteiger partial charge in [-0.05, 0) is 62.1 Å². The molecule has 2 aromatic carbocycles. The van der Waals surface area contributed by atoms with Crippen molar-refractivity contribution in [2.24, 2.45) is 0 Å². The van der Waals surface area contributed by atoms with Crippen LogP contribution in [0.15, 0.2) is 48.5 Å². The summed E-state index contributed by atoms with van der Waals surface area (Å²) in [6.45, 7) is 6.21. The summed E-state index contributed by atoms with van der Waals surface area (Å²) in [5.74, 6) is 0.188. The number of nitrogens with zero attached hydrogens (tertiary/aromatic N) is 1. The molecule has 2 aromatic rings. The largest absolute Gasteiger partial charge is 0.449 e. The third-order valence-corrected chi connectivity index (χ3v) is 5.20. The molecule has 0 spiro atoms. The molecular weight excluding hydrogens is 390 g/mol. The maximum Gasteiger partial charge on any atom is 0.449 e. The molecule has 0 heterocycles. The first-order valence-electron chi connectivity index (χ1n) is 9.80. The van der Waals surface area contributed by atoms with Crippen molar-refractivity contribution in [3.8, 4) is 5.75 Å².